The minimum Gasteiger partial charge on any atom is -0.502 e. The smallest absolute Gasteiger partial charge is 0.407 e. The summed E-state index contributed by atoms with van der Waals surface area (Å²) in [7, 11) is 2.88. The molecule has 1 fully saturated rings. The van der Waals surface area contributed by atoms with Crippen LogP contribution in [0.2, 0.25) is 0 Å². The maximum absolute atomic E-state index is 13.3. The van der Waals surface area contributed by atoms with E-state index in [2.05, 4.69) is 10.6 Å². The molecule has 0 aromatic heterocycles. The molecule has 4 atom stereocenters. The lowest BCUT2D eigenvalue weighted by molar-refractivity contribution is -0.141. The number of alkyl carbamates (subject to hydrolysis) is 1. The first-order valence-electron chi connectivity index (χ1n) is 14.1. The number of fused-ring (bicyclic) bond motifs is 3. The fraction of sp³-hybridized carbons (Fsp3) is 0.344. The van der Waals surface area contributed by atoms with Crippen LogP contribution in [0.25, 0.3) is 0 Å². The Labute approximate surface area is 253 Å². The van der Waals surface area contributed by atoms with Crippen LogP contribution in [0.1, 0.15) is 34.1 Å². The largest absolute Gasteiger partial charge is 0.502 e. The standard InChI is InChI=1S/C32H32N2O10/c1-39-25-8-18(9-26(40-2)30(25)36)28-20-11-24-23(43-16-44-24)10-19(20)21(22-15-41-31(37)29(22)28)12-33-27(35)13-34-32(38)42-14-17-6-4-3-5-7-17/h3-11,21-22,28-29,36H,12-16H2,1-2H3,(H,33,35)(H,34,38)/t21-,22-,28-,29+/m1/s1. The quantitative estimate of drug-likeness (QED) is 0.311. The van der Waals surface area contributed by atoms with E-state index in [9.17, 15) is 19.5 Å². The van der Waals surface area contributed by atoms with E-state index in [1.54, 1.807) is 12.1 Å². The van der Waals surface area contributed by atoms with Gasteiger partial charge < -0.3 is 44.2 Å². The SMILES string of the molecule is COc1cc([C@@H]2c3cc4c(cc3[C@@H](CNC(=O)CNC(=O)OCc3ccccc3)[C@H]3COC(=O)[C@H]23)OCO4)cc(OC)c1O. The average Bonchev–Trinajstić information content (AvgIpc) is 3.67. The van der Waals surface area contributed by atoms with Crippen molar-refractivity contribution in [2.45, 2.75) is 18.4 Å². The molecule has 3 aromatic carbocycles. The molecule has 0 saturated carbocycles. The van der Waals surface area contributed by atoms with Crippen molar-refractivity contribution in [1.29, 1.82) is 0 Å². The number of carbonyl (C=O) groups is 3. The number of phenolic OH excluding ortho intramolecular Hbond substituents is 1. The third-order valence-electron chi connectivity index (χ3n) is 8.33. The van der Waals surface area contributed by atoms with E-state index in [1.807, 2.05) is 42.5 Å². The number of rotatable bonds is 9. The predicted octanol–water partition coefficient (Wildman–Crippen LogP) is 3.20. The number of ether oxygens (including phenoxy) is 6. The maximum Gasteiger partial charge on any atom is 0.407 e. The van der Waals surface area contributed by atoms with E-state index in [-0.39, 0.29) is 68.1 Å². The Hall–Kier alpha value is -5.13. The van der Waals surface area contributed by atoms with Crippen LogP contribution in [0.4, 0.5) is 4.79 Å². The number of methoxy groups -OCH3 is 2. The normalized spacial score (nSPS) is 21.0. The molecule has 6 rings (SSSR count). The van der Waals surface area contributed by atoms with Crippen molar-refractivity contribution >= 4 is 18.0 Å². The number of carbonyl (C=O) groups excluding carboxylic acids is 3. The number of benzene rings is 3. The summed E-state index contributed by atoms with van der Waals surface area (Å²) in [5, 5.41) is 15.9. The van der Waals surface area contributed by atoms with E-state index in [4.69, 9.17) is 28.4 Å². The predicted molar refractivity (Wildman–Crippen MR) is 154 cm³/mol. The summed E-state index contributed by atoms with van der Waals surface area (Å²) >= 11 is 0. The Kier molecular flexibility index (Phi) is 8.05. The summed E-state index contributed by atoms with van der Waals surface area (Å²) in [6.45, 7) is 0.198. The second kappa shape index (κ2) is 12.2. The van der Waals surface area contributed by atoms with Gasteiger partial charge in [0.15, 0.2) is 23.0 Å². The summed E-state index contributed by atoms with van der Waals surface area (Å²) in [6.07, 6.45) is -0.711. The van der Waals surface area contributed by atoms with Crippen molar-refractivity contribution in [3.63, 3.8) is 0 Å². The van der Waals surface area contributed by atoms with Crippen LogP contribution in [0.5, 0.6) is 28.7 Å². The maximum atomic E-state index is 13.3. The minimum atomic E-state index is -0.711. The lowest BCUT2D eigenvalue weighted by atomic mass is 9.62. The number of cyclic esters (lactones) is 1. The van der Waals surface area contributed by atoms with E-state index in [0.717, 1.165) is 16.7 Å². The van der Waals surface area contributed by atoms with Gasteiger partial charge in [-0.2, -0.15) is 0 Å². The van der Waals surface area contributed by atoms with Gasteiger partial charge in [-0.25, -0.2) is 4.79 Å². The minimum absolute atomic E-state index is 0.0616. The van der Waals surface area contributed by atoms with Crippen molar-refractivity contribution < 1.29 is 47.9 Å². The highest BCUT2D eigenvalue weighted by atomic mass is 16.7. The Balaban J connectivity index is 1.24. The highest BCUT2D eigenvalue weighted by Crippen LogP contribution is 2.56. The van der Waals surface area contributed by atoms with Crippen molar-refractivity contribution in [2.24, 2.45) is 11.8 Å². The zero-order chi connectivity index (χ0) is 30.8. The van der Waals surface area contributed by atoms with Crippen LogP contribution in [-0.4, -0.2) is 63.8 Å². The molecule has 2 amide bonds. The number of amides is 2. The molecule has 3 N–H and O–H groups in total. The molecule has 2 aliphatic heterocycles. The molecule has 3 aliphatic rings. The molecule has 0 bridgehead atoms. The van der Waals surface area contributed by atoms with Crippen LogP contribution < -0.4 is 29.6 Å². The molecule has 1 aliphatic carbocycles. The fourth-order valence-electron chi connectivity index (χ4n) is 6.25. The molecule has 12 nitrogen and oxygen atoms in total. The molecule has 1 saturated heterocycles. The van der Waals surface area contributed by atoms with Gasteiger partial charge in [0.1, 0.15) is 6.61 Å². The number of aromatic hydroxyl groups is 1. The second-order valence-electron chi connectivity index (χ2n) is 10.7. The van der Waals surface area contributed by atoms with E-state index in [0.29, 0.717) is 17.1 Å². The summed E-state index contributed by atoms with van der Waals surface area (Å²) in [5.74, 6) is -1.13. The fourth-order valence-corrected chi connectivity index (χ4v) is 6.25. The number of phenols is 1. The van der Waals surface area contributed by atoms with Crippen LogP contribution in [0, 0.1) is 11.8 Å². The van der Waals surface area contributed by atoms with Crippen LogP contribution in [0.3, 0.4) is 0 Å². The summed E-state index contributed by atoms with van der Waals surface area (Å²) in [5.41, 5.74) is 3.17. The van der Waals surface area contributed by atoms with Gasteiger partial charge in [0, 0.05) is 24.3 Å². The zero-order valence-electron chi connectivity index (χ0n) is 24.2. The molecule has 12 heteroatoms. The van der Waals surface area contributed by atoms with Crippen molar-refractivity contribution in [1.82, 2.24) is 10.6 Å². The van der Waals surface area contributed by atoms with Gasteiger partial charge in [-0.3, -0.25) is 9.59 Å². The topological polar surface area (TPSA) is 151 Å². The van der Waals surface area contributed by atoms with Crippen LogP contribution in [0.15, 0.2) is 54.6 Å². The number of hydrogen-bond acceptors (Lipinski definition) is 10. The monoisotopic (exact) mass is 604 g/mol. The van der Waals surface area contributed by atoms with Gasteiger partial charge in [-0.15, -0.1) is 0 Å². The summed E-state index contributed by atoms with van der Waals surface area (Å²) in [4.78, 5) is 38.2. The molecule has 230 valence electrons. The average molecular weight is 605 g/mol. The molecule has 3 aromatic rings. The molecule has 0 spiro atoms. The Morgan fingerprint density at radius 1 is 0.932 bits per heavy atom. The molecule has 2 heterocycles. The summed E-state index contributed by atoms with van der Waals surface area (Å²) < 4.78 is 33.0. The van der Waals surface area contributed by atoms with Crippen molar-refractivity contribution in [3.05, 3.63) is 76.9 Å². The lowest BCUT2D eigenvalue weighted by Crippen LogP contribution is -2.43. The zero-order valence-corrected chi connectivity index (χ0v) is 24.2. The van der Waals surface area contributed by atoms with Gasteiger partial charge in [0.2, 0.25) is 18.4 Å². The first-order chi connectivity index (χ1) is 21.4. The van der Waals surface area contributed by atoms with Crippen molar-refractivity contribution in [3.8, 4) is 28.7 Å². The molecular weight excluding hydrogens is 572 g/mol. The lowest BCUT2D eigenvalue weighted by Gasteiger charge is -2.39. The molecule has 0 unspecified atom stereocenters. The summed E-state index contributed by atoms with van der Waals surface area (Å²) in [6, 6.07) is 16.3. The van der Waals surface area contributed by atoms with Gasteiger partial charge in [0.05, 0.1) is 33.3 Å². The van der Waals surface area contributed by atoms with E-state index < -0.39 is 23.8 Å². The third kappa shape index (κ3) is 5.50. The van der Waals surface area contributed by atoms with Gasteiger partial charge >= 0.3 is 12.1 Å². The first kappa shape index (κ1) is 29.0. The van der Waals surface area contributed by atoms with Crippen LogP contribution >= 0.6 is 0 Å². The number of esters is 1. The molecular formula is C32H32N2O10. The second-order valence-corrected chi connectivity index (χ2v) is 10.7. The Bertz CT molecular complexity index is 1550. The third-order valence-corrected chi connectivity index (χ3v) is 8.33. The Morgan fingerprint density at radius 2 is 1.61 bits per heavy atom. The van der Waals surface area contributed by atoms with Gasteiger partial charge in [-0.05, 0) is 46.5 Å². The van der Waals surface area contributed by atoms with Crippen molar-refractivity contribution in [2.75, 3.05) is 40.7 Å². The van der Waals surface area contributed by atoms with Crippen LogP contribution in [-0.2, 0) is 25.7 Å². The molecule has 44 heavy (non-hydrogen) atoms. The number of hydrogen-bond donors (Lipinski definition) is 3. The Morgan fingerprint density at radius 3 is 2.30 bits per heavy atom. The number of nitrogens with one attached hydrogen (secondary N) is 2. The van der Waals surface area contributed by atoms with E-state index >= 15 is 0 Å². The van der Waals surface area contributed by atoms with Gasteiger partial charge in [0.25, 0.3) is 0 Å². The first-order valence-corrected chi connectivity index (χ1v) is 14.1. The van der Waals surface area contributed by atoms with Gasteiger partial charge in [-0.1, -0.05) is 30.3 Å². The highest BCUT2D eigenvalue weighted by Gasteiger charge is 2.52. The highest BCUT2D eigenvalue weighted by molar-refractivity contribution is 5.82. The van der Waals surface area contributed by atoms with E-state index in [1.165, 1.54) is 14.2 Å². The molecule has 0 radical (unpaired) electrons.